The number of aromatic nitrogens is 3. The first-order valence-corrected chi connectivity index (χ1v) is 13.1. The zero-order valence-corrected chi connectivity index (χ0v) is 21.6. The van der Waals surface area contributed by atoms with Gasteiger partial charge in [-0.1, -0.05) is 6.07 Å². The van der Waals surface area contributed by atoms with Gasteiger partial charge in [-0.15, -0.1) is 0 Å². The van der Waals surface area contributed by atoms with Crippen LogP contribution in [0.1, 0.15) is 71.0 Å². The van der Waals surface area contributed by atoms with Crippen LogP contribution >= 0.6 is 0 Å². The van der Waals surface area contributed by atoms with Gasteiger partial charge < -0.3 is 20.3 Å². The molecule has 2 aliphatic heterocycles. The van der Waals surface area contributed by atoms with Gasteiger partial charge in [0.1, 0.15) is 11.2 Å². The minimum absolute atomic E-state index is 0.0226. The lowest BCUT2D eigenvalue weighted by molar-refractivity contribution is 0.0714. The van der Waals surface area contributed by atoms with Crippen LogP contribution in [0.5, 0.6) is 0 Å². The largest absolute Gasteiger partial charge is 0.384 e. The van der Waals surface area contributed by atoms with E-state index in [1.807, 2.05) is 17.3 Å². The Morgan fingerprint density at radius 3 is 2.81 bits per heavy atom. The van der Waals surface area contributed by atoms with E-state index in [-0.39, 0.29) is 11.9 Å². The highest BCUT2D eigenvalue weighted by atomic mass is 16.3. The number of carbonyl (C=O) groups excluding carboxylic acids is 1. The molecule has 0 saturated carbocycles. The third-order valence-corrected chi connectivity index (χ3v) is 7.80. The van der Waals surface area contributed by atoms with E-state index < -0.39 is 5.60 Å². The van der Waals surface area contributed by atoms with Crippen molar-refractivity contribution in [2.75, 3.05) is 13.1 Å². The van der Waals surface area contributed by atoms with Crippen molar-refractivity contribution in [3.05, 3.63) is 82.4 Å². The molecule has 1 fully saturated rings. The van der Waals surface area contributed by atoms with Crippen LogP contribution in [0.2, 0.25) is 0 Å². The van der Waals surface area contributed by atoms with E-state index in [2.05, 4.69) is 45.4 Å². The maximum Gasteiger partial charge on any atom is 0.254 e. The standard InChI is InChI=1S/C30H33N5O2/c1-18-15-33-28-23(18)13-22(16-34-28)21-11-19-7-10-35(17-25(19)24(12-21)26-5-4-8-31-26)29(36)20-6-9-32-27(14-20)30(2,3)37/h6,9,11-16,26,31,37H,4-5,7-8,10,17H2,1-3H3,(H,33,34). The number of aliphatic hydroxyl groups is 1. The highest BCUT2D eigenvalue weighted by Crippen LogP contribution is 2.36. The molecule has 7 nitrogen and oxygen atoms in total. The van der Waals surface area contributed by atoms with Gasteiger partial charge in [0.15, 0.2) is 0 Å². The van der Waals surface area contributed by atoms with Gasteiger partial charge in [-0.25, -0.2) is 4.98 Å². The molecule has 4 aromatic rings. The number of amides is 1. The van der Waals surface area contributed by atoms with Crippen molar-refractivity contribution in [3.8, 4) is 11.1 Å². The van der Waals surface area contributed by atoms with Crippen molar-refractivity contribution in [3.63, 3.8) is 0 Å². The molecule has 37 heavy (non-hydrogen) atoms. The summed E-state index contributed by atoms with van der Waals surface area (Å²) >= 11 is 0. The highest BCUT2D eigenvalue weighted by molar-refractivity contribution is 5.94. The Bertz CT molecular complexity index is 1490. The number of H-pyrrole nitrogens is 1. The molecule has 3 N–H and O–H groups in total. The number of hydrogen-bond donors (Lipinski definition) is 3. The number of pyridine rings is 2. The molecule has 3 aromatic heterocycles. The molecule has 0 bridgehead atoms. The predicted molar refractivity (Wildman–Crippen MR) is 144 cm³/mol. The summed E-state index contributed by atoms with van der Waals surface area (Å²) in [7, 11) is 0. The molecule has 6 rings (SSSR count). The number of aromatic amines is 1. The van der Waals surface area contributed by atoms with Gasteiger partial charge in [-0.3, -0.25) is 9.78 Å². The first kappa shape index (κ1) is 23.8. The zero-order valence-electron chi connectivity index (χ0n) is 21.6. The lowest BCUT2D eigenvalue weighted by Gasteiger charge is -2.32. The lowest BCUT2D eigenvalue weighted by Crippen LogP contribution is -2.37. The molecular weight excluding hydrogens is 462 g/mol. The molecular formula is C30H33N5O2. The van der Waals surface area contributed by atoms with Gasteiger partial charge in [0.05, 0.1) is 5.69 Å². The Hall–Kier alpha value is -3.55. The van der Waals surface area contributed by atoms with Crippen LogP contribution in [-0.2, 0) is 18.6 Å². The fourth-order valence-electron chi connectivity index (χ4n) is 5.67. The SMILES string of the molecule is Cc1c[nH]c2ncc(-c3cc4c(c(C5CCCN5)c3)CN(C(=O)c3ccnc(C(C)(C)O)c3)CC4)cc12. The van der Waals surface area contributed by atoms with Crippen LogP contribution in [-0.4, -0.2) is 44.0 Å². The summed E-state index contributed by atoms with van der Waals surface area (Å²) in [4.78, 5) is 27.6. The third kappa shape index (κ3) is 4.43. The van der Waals surface area contributed by atoms with E-state index >= 15 is 0 Å². The van der Waals surface area contributed by atoms with E-state index in [4.69, 9.17) is 0 Å². The molecule has 1 saturated heterocycles. The van der Waals surface area contributed by atoms with Gasteiger partial charge in [0.25, 0.3) is 5.91 Å². The Labute approximate surface area is 217 Å². The number of nitrogens with one attached hydrogen (secondary N) is 2. The topological polar surface area (TPSA) is 94.1 Å². The Morgan fingerprint density at radius 1 is 1.16 bits per heavy atom. The lowest BCUT2D eigenvalue weighted by atomic mass is 9.87. The van der Waals surface area contributed by atoms with Crippen molar-refractivity contribution >= 4 is 16.9 Å². The number of hydrogen-bond acceptors (Lipinski definition) is 5. The first-order chi connectivity index (χ1) is 17.8. The van der Waals surface area contributed by atoms with Gasteiger partial charge in [-0.2, -0.15) is 0 Å². The Kier molecular flexibility index (Phi) is 5.85. The highest BCUT2D eigenvalue weighted by Gasteiger charge is 2.29. The van der Waals surface area contributed by atoms with Crippen LogP contribution in [0.15, 0.2) is 48.9 Å². The molecule has 1 atom stereocenters. The molecule has 0 aliphatic carbocycles. The number of fused-ring (bicyclic) bond motifs is 2. The van der Waals surface area contributed by atoms with E-state index in [9.17, 15) is 9.90 Å². The second-order valence-electron chi connectivity index (χ2n) is 10.9. The number of carbonyl (C=O) groups is 1. The molecule has 5 heterocycles. The summed E-state index contributed by atoms with van der Waals surface area (Å²) in [5.74, 6) is -0.0226. The quantitative estimate of drug-likeness (QED) is 0.379. The zero-order chi connectivity index (χ0) is 25.7. The van der Waals surface area contributed by atoms with Crippen LogP contribution in [0.3, 0.4) is 0 Å². The van der Waals surface area contributed by atoms with Crippen molar-refractivity contribution in [1.29, 1.82) is 0 Å². The third-order valence-electron chi connectivity index (χ3n) is 7.80. The molecule has 1 unspecified atom stereocenters. The van der Waals surface area contributed by atoms with Crippen LogP contribution < -0.4 is 5.32 Å². The van der Waals surface area contributed by atoms with Crippen LogP contribution in [0, 0.1) is 6.92 Å². The van der Waals surface area contributed by atoms with Crippen molar-refractivity contribution in [2.24, 2.45) is 0 Å². The number of nitrogens with zero attached hydrogens (tertiary/aromatic N) is 3. The summed E-state index contributed by atoms with van der Waals surface area (Å²) in [6.07, 6.45) is 8.61. The van der Waals surface area contributed by atoms with Gasteiger partial charge in [0.2, 0.25) is 0 Å². The van der Waals surface area contributed by atoms with Gasteiger partial charge in [0, 0.05) is 54.2 Å². The molecule has 2 aliphatic rings. The molecule has 0 spiro atoms. The van der Waals surface area contributed by atoms with Crippen LogP contribution in [0.25, 0.3) is 22.2 Å². The number of rotatable bonds is 4. The predicted octanol–water partition coefficient (Wildman–Crippen LogP) is 4.78. The Morgan fingerprint density at radius 2 is 2.03 bits per heavy atom. The van der Waals surface area contributed by atoms with E-state index in [1.54, 1.807) is 32.2 Å². The maximum absolute atomic E-state index is 13.5. The molecule has 7 heteroatoms. The Balaban J connectivity index is 1.37. The van der Waals surface area contributed by atoms with Gasteiger partial charge in [-0.05, 0) is 98.7 Å². The smallest absolute Gasteiger partial charge is 0.254 e. The van der Waals surface area contributed by atoms with E-state index in [1.165, 1.54) is 27.8 Å². The molecule has 0 radical (unpaired) electrons. The summed E-state index contributed by atoms with van der Waals surface area (Å²) in [6, 6.07) is 10.6. The van der Waals surface area contributed by atoms with Crippen molar-refractivity contribution in [2.45, 2.75) is 58.2 Å². The first-order valence-electron chi connectivity index (χ1n) is 13.1. The minimum atomic E-state index is -1.10. The van der Waals surface area contributed by atoms with E-state index in [0.29, 0.717) is 24.3 Å². The van der Waals surface area contributed by atoms with Gasteiger partial charge >= 0.3 is 0 Å². The fraction of sp³-hybridized carbons (Fsp3) is 0.367. The second-order valence-corrected chi connectivity index (χ2v) is 10.9. The van der Waals surface area contributed by atoms with Crippen molar-refractivity contribution in [1.82, 2.24) is 25.2 Å². The average molecular weight is 496 g/mol. The molecule has 1 aromatic carbocycles. The number of benzene rings is 1. The monoisotopic (exact) mass is 495 g/mol. The minimum Gasteiger partial charge on any atom is -0.384 e. The summed E-state index contributed by atoms with van der Waals surface area (Å²) in [5, 5.41) is 15.2. The van der Waals surface area contributed by atoms with E-state index in [0.717, 1.165) is 42.4 Å². The molecule has 190 valence electrons. The number of aryl methyl sites for hydroxylation is 1. The van der Waals surface area contributed by atoms with Crippen LogP contribution in [0.4, 0.5) is 0 Å². The second kappa shape index (κ2) is 9.08. The maximum atomic E-state index is 13.5. The summed E-state index contributed by atoms with van der Waals surface area (Å²) < 4.78 is 0. The molecule has 1 amide bonds. The summed E-state index contributed by atoms with van der Waals surface area (Å²) in [5.41, 5.74) is 8.23. The normalized spacial score (nSPS) is 17.8. The fourth-order valence-corrected chi connectivity index (χ4v) is 5.67. The van der Waals surface area contributed by atoms with Crippen molar-refractivity contribution < 1.29 is 9.90 Å². The summed E-state index contributed by atoms with van der Waals surface area (Å²) in [6.45, 7) is 7.72. The average Bonchev–Trinajstić information content (AvgIpc) is 3.57.